The fraction of sp³-hybridized carbons (Fsp3) is 0.444. The fourth-order valence-electron chi connectivity index (χ4n) is 4.48. The van der Waals surface area contributed by atoms with Gasteiger partial charge in [-0.2, -0.15) is 0 Å². The molecular formula is C27H34N2O5. The monoisotopic (exact) mass is 466 g/mol. The first-order valence-electron chi connectivity index (χ1n) is 12.1. The highest BCUT2D eigenvalue weighted by Gasteiger charge is 2.29. The first-order valence-corrected chi connectivity index (χ1v) is 12.1. The van der Waals surface area contributed by atoms with Crippen LogP contribution in [-0.4, -0.2) is 42.3 Å². The van der Waals surface area contributed by atoms with E-state index >= 15 is 0 Å². The van der Waals surface area contributed by atoms with E-state index in [0.29, 0.717) is 19.4 Å². The Morgan fingerprint density at radius 3 is 2.24 bits per heavy atom. The second kappa shape index (κ2) is 12.8. The van der Waals surface area contributed by atoms with Crippen LogP contribution in [0.1, 0.15) is 68.9 Å². The van der Waals surface area contributed by atoms with Crippen molar-refractivity contribution < 1.29 is 24.2 Å². The van der Waals surface area contributed by atoms with Crippen LogP contribution in [0, 0.1) is 0 Å². The Kier molecular flexibility index (Phi) is 9.50. The van der Waals surface area contributed by atoms with Gasteiger partial charge in [0.25, 0.3) is 0 Å². The molecule has 1 aliphatic rings. The third-order valence-electron chi connectivity index (χ3n) is 6.12. The van der Waals surface area contributed by atoms with E-state index in [1.54, 1.807) is 0 Å². The summed E-state index contributed by atoms with van der Waals surface area (Å²) in [4.78, 5) is 35.4. The Morgan fingerprint density at radius 2 is 1.62 bits per heavy atom. The molecule has 0 spiro atoms. The van der Waals surface area contributed by atoms with Gasteiger partial charge >= 0.3 is 12.1 Å². The number of ether oxygens (including phenoxy) is 1. The van der Waals surface area contributed by atoms with E-state index < -0.39 is 12.1 Å². The van der Waals surface area contributed by atoms with E-state index in [2.05, 4.69) is 34.9 Å². The van der Waals surface area contributed by atoms with Crippen LogP contribution in [0.25, 0.3) is 11.1 Å². The van der Waals surface area contributed by atoms with Gasteiger partial charge in [-0.15, -0.1) is 0 Å². The van der Waals surface area contributed by atoms with E-state index in [1.807, 2.05) is 31.2 Å². The van der Waals surface area contributed by atoms with Gasteiger partial charge < -0.3 is 20.5 Å². The molecule has 0 saturated carbocycles. The van der Waals surface area contributed by atoms with Crippen LogP contribution in [0.3, 0.4) is 0 Å². The highest BCUT2D eigenvalue weighted by molar-refractivity contribution is 5.79. The Labute approximate surface area is 200 Å². The number of carbonyl (C=O) groups excluding carboxylic acids is 2. The Balaban J connectivity index is 1.46. The van der Waals surface area contributed by atoms with Gasteiger partial charge in [0, 0.05) is 31.3 Å². The van der Waals surface area contributed by atoms with E-state index in [4.69, 9.17) is 9.84 Å². The summed E-state index contributed by atoms with van der Waals surface area (Å²) < 4.78 is 5.61. The summed E-state index contributed by atoms with van der Waals surface area (Å²) >= 11 is 0. The first kappa shape index (κ1) is 25.3. The predicted molar refractivity (Wildman–Crippen MR) is 131 cm³/mol. The lowest BCUT2D eigenvalue weighted by Gasteiger charge is -2.19. The number of hydrogen-bond donors (Lipinski definition) is 3. The lowest BCUT2D eigenvalue weighted by atomic mass is 9.98. The van der Waals surface area contributed by atoms with Crippen molar-refractivity contribution >= 4 is 18.0 Å². The van der Waals surface area contributed by atoms with Crippen molar-refractivity contribution in [3.05, 3.63) is 59.7 Å². The zero-order valence-electron chi connectivity index (χ0n) is 19.7. The van der Waals surface area contributed by atoms with Crippen LogP contribution in [0.15, 0.2) is 48.5 Å². The zero-order chi connectivity index (χ0) is 24.3. The molecule has 0 bridgehead atoms. The molecule has 3 N–H and O–H groups in total. The molecule has 2 amide bonds. The second-order valence-corrected chi connectivity index (χ2v) is 8.71. The zero-order valence-corrected chi connectivity index (χ0v) is 19.7. The highest BCUT2D eigenvalue weighted by Crippen LogP contribution is 2.44. The number of nitrogens with one attached hydrogen (secondary N) is 2. The molecule has 1 unspecified atom stereocenters. The largest absolute Gasteiger partial charge is 0.481 e. The van der Waals surface area contributed by atoms with Gasteiger partial charge in [0.05, 0.1) is 0 Å². The molecular weight excluding hydrogens is 432 g/mol. The fourth-order valence-corrected chi connectivity index (χ4v) is 4.48. The van der Waals surface area contributed by atoms with Crippen LogP contribution in [0.2, 0.25) is 0 Å². The van der Waals surface area contributed by atoms with E-state index in [-0.39, 0.29) is 37.3 Å². The van der Waals surface area contributed by atoms with Crippen molar-refractivity contribution in [2.75, 3.05) is 13.2 Å². The smallest absolute Gasteiger partial charge is 0.407 e. The normalized spacial score (nSPS) is 13.0. The molecule has 0 heterocycles. The van der Waals surface area contributed by atoms with Crippen LogP contribution < -0.4 is 10.6 Å². The predicted octanol–water partition coefficient (Wildman–Crippen LogP) is 4.85. The quantitative estimate of drug-likeness (QED) is 0.366. The minimum absolute atomic E-state index is 0.00722. The number of carbonyl (C=O) groups is 3. The number of hydrogen-bond acceptors (Lipinski definition) is 4. The lowest BCUT2D eigenvalue weighted by molar-refractivity contribution is -0.137. The summed E-state index contributed by atoms with van der Waals surface area (Å²) in [5.41, 5.74) is 4.67. The third-order valence-corrected chi connectivity index (χ3v) is 6.12. The molecule has 0 radical (unpaired) electrons. The van der Waals surface area contributed by atoms with E-state index in [0.717, 1.165) is 30.4 Å². The van der Waals surface area contributed by atoms with Crippen LogP contribution in [0.5, 0.6) is 0 Å². The molecule has 2 aromatic rings. The van der Waals surface area contributed by atoms with Gasteiger partial charge in [-0.1, -0.05) is 68.3 Å². The van der Waals surface area contributed by atoms with Crippen molar-refractivity contribution in [2.24, 2.45) is 0 Å². The number of fused-ring (bicyclic) bond motifs is 3. The first-order chi connectivity index (χ1) is 16.5. The van der Waals surface area contributed by atoms with Crippen molar-refractivity contribution in [3.8, 4) is 11.1 Å². The van der Waals surface area contributed by atoms with Crippen LogP contribution in [-0.2, 0) is 14.3 Å². The van der Waals surface area contributed by atoms with Crippen LogP contribution >= 0.6 is 0 Å². The number of unbranched alkanes of at least 4 members (excludes halogenated alkanes) is 2. The SMILES string of the molecule is CCCC(CC(=O)NCCCCCC(=O)O)NC(=O)OCC1c2ccccc2-c2ccccc21. The lowest BCUT2D eigenvalue weighted by Crippen LogP contribution is -2.40. The summed E-state index contributed by atoms with van der Waals surface area (Å²) in [6, 6.07) is 16.1. The molecule has 1 atom stereocenters. The molecule has 3 rings (SSSR count). The van der Waals surface area contributed by atoms with Gasteiger partial charge in [0.1, 0.15) is 6.61 Å². The van der Waals surface area contributed by atoms with Crippen molar-refractivity contribution in [1.29, 1.82) is 0 Å². The molecule has 0 saturated heterocycles. The molecule has 0 aromatic heterocycles. The van der Waals surface area contributed by atoms with Gasteiger partial charge in [0.15, 0.2) is 0 Å². The molecule has 7 heteroatoms. The molecule has 0 aliphatic heterocycles. The average Bonchev–Trinajstić information content (AvgIpc) is 3.13. The van der Waals surface area contributed by atoms with Crippen molar-refractivity contribution in [3.63, 3.8) is 0 Å². The number of rotatable bonds is 13. The topological polar surface area (TPSA) is 105 Å². The van der Waals surface area contributed by atoms with Crippen molar-refractivity contribution in [2.45, 2.75) is 63.8 Å². The van der Waals surface area contributed by atoms with Crippen molar-refractivity contribution in [1.82, 2.24) is 10.6 Å². The molecule has 7 nitrogen and oxygen atoms in total. The standard InChI is InChI=1S/C27H34N2O5/c1-2-10-19(17-25(30)28-16-9-3-4-15-26(31)32)29-27(33)34-18-24-22-13-7-5-11-20(22)21-12-6-8-14-23(21)24/h5-8,11-14,19,24H,2-4,9-10,15-18H2,1H3,(H,28,30)(H,29,33)(H,31,32). The van der Waals surface area contributed by atoms with Gasteiger partial charge in [-0.25, -0.2) is 4.79 Å². The second-order valence-electron chi connectivity index (χ2n) is 8.71. The maximum atomic E-state index is 12.6. The minimum atomic E-state index is -0.800. The Morgan fingerprint density at radius 1 is 0.971 bits per heavy atom. The summed E-state index contributed by atoms with van der Waals surface area (Å²) in [5.74, 6) is -0.936. The summed E-state index contributed by atoms with van der Waals surface area (Å²) in [6.45, 7) is 2.75. The summed E-state index contributed by atoms with van der Waals surface area (Å²) in [5, 5.41) is 14.4. The summed E-state index contributed by atoms with van der Waals surface area (Å²) in [6.07, 6.45) is 3.42. The highest BCUT2D eigenvalue weighted by atomic mass is 16.5. The molecule has 34 heavy (non-hydrogen) atoms. The maximum absolute atomic E-state index is 12.6. The molecule has 0 fully saturated rings. The molecule has 1 aliphatic carbocycles. The Bertz CT molecular complexity index is 945. The third kappa shape index (κ3) is 7.07. The average molecular weight is 467 g/mol. The van der Waals surface area contributed by atoms with Gasteiger partial charge in [-0.05, 0) is 41.5 Å². The Hall–Kier alpha value is -3.35. The molecule has 182 valence electrons. The van der Waals surface area contributed by atoms with Gasteiger partial charge in [0.2, 0.25) is 5.91 Å². The summed E-state index contributed by atoms with van der Waals surface area (Å²) in [7, 11) is 0. The molecule has 2 aromatic carbocycles. The number of aliphatic carboxylic acids is 1. The van der Waals surface area contributed by atoms with E-state index in [9.17, 15) is 14.4 Å². The number of carboxylic acid groups (broad SMARTS) is 1. The number of benzene rings is 2. The number of alkyl carbamates (subject to hydrolysis) is 1. The van der Waals surface area contributed by atoms with Gasteiger partial charge in [-0.3, -0.25) is 9.59 Å². The number of carboxylic acids is 1. The minimum Gasteiger partial charge on any atom is -0.481 e. The van der Waals surface area contributed by atoms with E-state index in [1.165, 1.54) is 11.1 Å². The van der Waals surface area contributed by atoms with Crippen LogP contribution in [0.4, 0.5) is 4.79 Å². The maximum Gasteiger partial charge on any atom is 0.407 e. The number of amides is 2.